The maximum atomic E-state index is 10.8. The van der Waals surface area contributed by atoms with Crippen molar-refractivity contribution in [2.45, 2.75) is 0 Å². The Labute approximate surface area is 192 Å². The Morgan fingerprint density at radius 3 is 2.52 bits per heavy atom. The molecule has 6 nitrogen and oxygen atoms in total. The van der Waals surface area contributed by atoms with Gasteiger partial charge in [0.1, 0.15) is 22.6 Å². The highest BCUT2D eigenvalue weighted by atomic mass is 32.1. The van der Waals surface area contributed by atoms with Gasteiger partial charge in [-0.25, -0.2) is 4.98 Å². The van der Waals surface area contributed by atoms with Gasteiger partial charge in [-0.1, -0.05) is 36.4 Å². The van der Waals surface area contributed by atoms with Crippen LogP contribution in [0.1, 0.15) is 10.8 Å². The van der Waals surface area contributed by atoms with Crippen molar-refractivity contribution in [1.82, 2.24) is 4.98 Å². The van der Waals surface area contributed by atoms with E-state index in [2.05, 4.69) is 35.3 Å². The Balaban J connectivity index is 1.41. The molecule has 0 saturated carbocycles. The van der Waals surface area contributed by atoms with Crippen LogP contribution in [0.2, 0.25) is 0 Å². The molecule has 2 heterocycles. The van der Waals surface area contributed by atoms with Crippen LogP contribution in [0.5, 0.6) is 0 Å². The molecule has 0 atom stereocenters. The normalized spacial score (nSPS) is 11.4. The number of benzene rings is 3. The van der Waals surface area contributed by atoms with Gasteiger partial charge in [-0.15, -0.1) is 11.3 Å². The summed E-state index contributed by atoms with van der Waals surface area (Å²) in [5.41, 5.74) is 2.94. The van der Waals surface area contributed by atoms with Crippen LogP contribution >= 0.6 is 11.3 Å². The Kier molecular flexibility index (Phi) is 5.27. The zero-order valence-electron chi connectivity index (χ0n) is 17.1. The second-order valence-corrected chi connectivity index (χ2v) is 8.13. The summed E-state index contributed by atoms with van der Waals surface area (Å²) < 4.78 is 5.84. The first kappa shape index (κ1) is 20.4. The molecule has 0 bridgehead atoms. The average molecular weight is 449 g/mol. The summed E-state index contributed by atoms with van der Waals surface area (Å²) in [5.74, 6) is 1.06. The molecule has 3 aromatic carbocycles. The number of hydrogen-bond donors (Lipinski definition) is 0. The molecule has 33 heavy (non-hydrogen) atoms. The molecular weight excluding hydrogens is 434 g/mol. The topological polar surface area (TPSA) is 93.0 Å². The SMILES string of the molecule is N#CC(=Cc1ccc(-c2ccc([N+](=O)[O-])cc2)o1)c1nc(-c2ccc3ccccc3c2)cs1. The molecule has 0 unspecified atom stereocenters. The number of nitrogens with zero attached hydrogens (tertiary/aromatic N) is 3. The van der Waals surface area contributed by atoms with Gasteiger partial charge in [0, 0.05) is 34.7 Å². The van der Waals surface area contributed by atoms with Gasteiger partial charge in [-0.3, -0.25) is 10.1 Å². The Bertz CT molecular complexity index is 1560. The average Bonchev–Trinajstić information content (AvgIpc) is 3.52. The van der Waals surface area contributed by atoms with Crippen LogP contribution in [-0.2, 0) is 0 Å². The number of furan rings is 1. The van der Waals surface area contributed by atoms with E-state index in [9.17, 15) is 15.4 Å². The third kappa shape index (κ3) is 4.15. The van der Waals surface area contributed by atoms with E-state index in [0.29, 0.717) is 27.7 Å². The quantitative estimate of drug-likeness (QED) is 0.161. The largest absolute Gasteiger partial charge is 0.457 e. The van der Waals surface area contributed by atoms with Gasteiger partial charge in [0.25, 0.3) is 5.69 Å². The molecule has 0 fully saturated rings. The number of allylic oxidation sites excluding steroid dienone is 1. The number of thiazole rings is 1. The van der Waals surface area contributed by atoms with E-state index in [4.69, 9.17) is 4.42 Å². The van der Waals surface area contributed by atoms with Crippen molar-refractivity contribution in [3.63, 3.8) is 0 Å². The fraction of sp³-hybridized carbons (Fsp3) is 0. The first-order valence-corrected chi connectivity index (χ1v) is 10.9. The van der Waals surface area contributed by atoms with E-state index in [1.807, 2.05) is 23.6 Å². The first-order valence-electron chi connectivity index (χ1n) is 10.0. The molecule has 0 radical (unpaired) electrons. The van der Waals surface area contributed by atoms with Crippen molar-refractivity contribution in [3.8, 4) is 28.7 Å². The van der Waals surface area contributed by atoms with Gasteiger partial charge in [0.2, 0.25) is 0 Å². The molecule has 0 saturated heterocycles. The van der Waals surface area contributed by atoms with Crippen LogP contribution in [-0.4, -0.2) is 9.91 Å². The van der Waals surface area contributed by atoms with E-state index in [0.717, 1.165) is 22.0 Å². The monoisotopic (exact) mass is 449 g/mol. The maximum Gasteiger partial charge on any atom is 0.269 e. The van der Waals surface area contributed by atoms with Crippen molar-refractivity contribution in [2.75, 3.05) is 0 Å². The maximum absolute atomic E-state index is 10.8. The van der Waals surface area contributed by atoms with Crippen molar-refractivity contribution in [1.29, 1.82) is 5.26 Å². The molecule has 158 valence electrons. The number of rotatable bonds is 5. The Morgan fingerprint density at radius 2 is 1.76 bits per heavy atom. The number of nitro benzene ring substituents is 1. The molecule has 0 aliphatic rings. The highest BCUT2D eigenvalue weighted by Crippen LogP contribution is 2.30. The van der Waals surface area contributed by atoms with E-state index in [1.54, 1.807) is 30.3 Å². The molecule has 2 aromatic heterocycles. The van der Waals surface area contributed by atoms with Crippen LogP contribution < -0.4 is 0 Å². The summed E-state index contributed by atoms with van der Waals surface area (Å²) in [6.45, 7) is 0. The van der Waals surface area contributed by atoms with Gasteiger partial charge in [0.15, 0.2) is 0 Å². The molecular formula is C26H15N3O3S. The fourth-order valence-corrected chi connectivity index (χ4v) is 4.29. The molecule has 7 heteroatoms. The number of nitriles is 1. The lowest BCUT2D eigenvalue weighted by atomic mass is 10.1. The minimum Gasteiger partial charge on any atom is -0.457 e. The second kappa shape index (κ2) is 8.54. The van der Waals surface area contributed by atoms with Gasteiger partial charge >= 0.3 is 0 Å². The van der Waals surface area contributed by atoms with Gasteiger partial charge < -0.3 is 4.42 Å². The van der Waals surface area contributed by atoms with Crippen LogP contribution in [0.25, 0.3) is 45.0 Å². The zero-order chi connectivity index (χ0) is 22.8. The molecule has 0 N–H and O–H groups in total. The van der Waals surface area contributed by atoms with E-state index >= 15 is 0 Å². The predicted molar refractivity (Wildman–Crippen MR) is 129 cm³/mol. The minimum atomic E-state index is -0.445. The lowest BCUT2D eigenvalue weighted by molar-refractivity contribution is -0.384. The lowest BCUT2D eigenvalue weighted by Gasteiger charge is -2.00. The van der Waals surface area contributed by atoms with Crippen molar-refractivity contribution in [2.24, 2.45) is 0 Å². The second-order valence-electron chi connectivity index (χ2n) is 7.28. The van der Waals surface area contributed by atoms with Crippen LogP contribution in [0.15, 0.2) is 88.7 Å². The van der Waals surface area contributed by atoms with Gasteiger partial charge in [-0.05, 0) is 41.1 Å². The third-order valence-electron chi connectivity index (χ3n) is 5.18. The minimum absolute atomic E-state index is 0.0168. The predicted octanol–water partition coefficient (Wildman–Crippen LogP) is 7.20. The molecule has 0 aliphatic carbocycles. The van der Waals surface area contributed by atoms with Gasteiger partial charge in [0.05, 0.1) is 16.2 Å². The van der Waals surface area contributed by atoms with Gasteiger partial charge in [-0.2, -0.15) is 5.26 Å². The standard InChI is InChI=1S/C26H15N3O3S/c27-15-21(14-23-11-12-25(32-23)18-7-9-22(10-8-18)29(30)31)26-28-24(16-33-26)20-6-5-17-3-1-2-4-19(17)13-20/h1-14,16H. The summed E-state index contributed by atoms with van der Waals surface area (Å²) in [6.07, 6.45) is 1.65. The van der Waals surface area contributed by atoms with E-state index in [1.165, 1.54) is 23.5 Å². The highest BCUT2D eigenvalue weighted by molar-refractivity contribution is 7.11. The number of aromatic nitrogens is 1. The van der Waals surface area contributed by atoms with Crippen molar-refractivity contribution < 1.29 is 9.34 Å². The molecule has 0 amide bonds. The summed E-state index contributed by atoms with van der Waals surface area (Å²) in [7, 11) is 0. The third-order valence-corrected chi connectivity index (χ3v) is 6.05. The van der Waals surface area contributed by atoms with Crippen molar-refractivity contribution in [3.05, 3.63) is 105 Å². The summed E-state index contributed by atoms with van der Waals surface area (Å²) >= 11 is 1.40. The summed E-state index contributed by atoms with van der Waals surface area (Å²) in [4.78, 5) is 15.1. The lowest BCUT2D eigenvalue weighted by Crippen LogP contribution is -1.86. The first-order chi connectivity index (χ1) is 16.1. The molecule has 0 spiro atoms. The van der Waals surface area contributed by atoms with E-state index in [-0.39, 0.29) is 5.69 Å². The summed E-state index contributed by atoms with van der Waals surface area (Å²) in [6, 6.07) is 26.2. The number of fused-ring (bicyclic) bond motifs is 1. The molecule has 5 aromatic rings. The Hall–Kier alpha value is -4.54. The van der Waals surface area contributed by atoms with E-state index < -0.39 is 4.92 Å². The number of non-ortho nitro benzene ring substituents is 1. The smallest absolute Gasteiger partial charge is 0.269 e. The fourth-order valence-electron chi connectivity index (χ4n) is 3.50. The molecule has 0 aliphatic heterocycles. The zero-order valence-corrected chi connectivity index (χ0v) is 18.0. The number of nitro groups is 1. The Morgan fingerprint density at radius 1 is 1.00 bits per heavy atom. The van der Waals surface area contributed by atoms with Crippen molar-refractivity contribution >= 4 is 39.4 Å². The number of hydrogen-bond acceptors (Lipinski definition) is 6. The van der Waals surface area contributed by atoms with Crippen LogP contribution in [0.4, 0.5) is 5.69 Å². The van der Waals surface area contributed by atoms with Crippen LogP contribution in [0, 0.1) is 21.4 Å². The van der Waals surface area contributed by atoms with Crippen LogP contribution in [0.3, 0.4) is 0 Å². The highest BCUT2D eigenvalue weighted by Gasteiger charge is 2.12. The summed E-state index contributed by atoms with van der Waals surface area (Å²) in [5, 5.41) is 25.4. The molecule has 5 rings (SSSR count).